The molecule has 2 N–H and O–H groups in total. The minimum Gasteiger partial charge on any atom is -0.488 e. The number of imidazole rings is 2. The Morgan fingerprint density at radius 3 is 1.10 bits per heavy atom. The summed E-state index contributed by atoms with van der Waals surface area (Å²) in [5, 5.41) is 0. The third kappa shape index (κ3) is 8.88. The van der Waals surface area contributed by atoms with Crippen LogP contribution in [0.3, 0.4) is 0 Å². The van der Waals surface area contributed by atoms with E-state index in [9.17, 15) is 0 Å². The van der Waals surface area contributed by atoms with Gasteiger partial charge < -0.3 is 39.0 Å². The van der Waals surface area contributed by atoms with Gasteiger partial charge in [0.1, 0.15) is 35.4 Å². The number of fused-ring (bicyclic) bond motifs is 2. The number of aromatic amines is 2. The summed E-state index contributed by atoms with van der Waals surface area (Å²) in [6.45, 7) is 3.39. The predicted molar refractivity (Wildman–Crippen MR) is 205 cm³/mol. The molecule has 0 saturated carbocycles. The van der Waals surface area contributed by atoms with Crippen molar-refractivity contribution in [2.45, 2.75) is 12.2 Å². The van der Waals surface area contributed by atoms with Gasteiger partial charge in [0.15, 0.2) is 0 Å². The van der Waals surface area contributed by atoms with E-state index in [2.05, 4.69) is 147 Å². The molecule has 0 amide bonds. The van der Waals surface area contributed by atoms with Crippen LogP contribution in [-0.2, 0) is 0 Å². The van der Waals surface area contributed by atoms with Crippen molar-refractivity contribution in [3.05, 3.63) is 84.9 Å². The molecule has 6 aromatic rings. The first-order valence-electron chi connectivity index (χ1n) is 17.1. The van der Waals surface area contributed by atoms with Crippen molar-refractivity contribution < 1.29 is 9.47 Å². The molecule has 0 aliphatic heterocycles. The Labute approximate surface area is 295 Å². The zero-order valence-electron chi connectivity index (χ0n) is 30.6. The van der Waals surface area contributed by atoms with Crippen LogP contribution in [0.4, 0.5) is 0 Å². The van der Waals surface area contributed by atoms with Crippen LogP contribution in [0, 0.1) is 0 Å². The maximum Gasteiger partial charge on any atom is 0.138 e. The van der Waals surface area contributed by atoms with E-state index in [1.807, 2.05) is 24.3 Å². The molecule has 10 nitrogen and oxygen atoms in total. The number of benzene rings is 4. The Morgan fingerprint density at radius 1 is 0.460 bits per heavy atom. The molecule has 50 heavy (non-hydrogen) atoms. The van der Waals surface area contributed by atoms with E-state index in [-0.39, 0.29) is 12.2 Å². The number of nitrogens with zero attached hydrogens (tertiary/aromatic N) is 6. The molecule has 0 aliphatic carbocycles. The van der Waals surface area contributed by atoms with Crippen molar-refractivity contribution >= 4 is 22.1 Å². The smallest absolute Gasteiger partial charge is 0.138 e. The largest absolute Gasteiger partial charge is 0.488 e. The third-order valence-corrected chi connectivity index (χ3v) is 8.44. The zero-order valence-corrected chi connectivity index (χ0v) is 30.6. The van der Waals surface area contributed by atoms with E-state index in [1.54, 1.807) is 0 Å². The standard InChI is InChI=1S/C40H50N8O2/c1-45(2)23-33(24-46(3)4)49-31-15-9-27(10-16-31)39-41-35-19-13-29(21-37(35)43-39)30-14-20-36-38(22-30)44-40(42-36)28-11-17-32(18-12-28)50-34(25-47(5)6)26-48(7)8/h9-22,33-34H,23-26H2,1-8H3,(H,41,43)(H,42,44). The van der Waals surface area contributed by atoms with Gasteiger partial charge in [-0.2, -0.15) is 0 Å². The molecule has 0 saturated heterocycles. The van der Waals surface area contributed by atoms with Gasteiger partial charge in [-0.1, -0.05) is 12.1 Å². The molecule has 0 radical (unpaired) electrons. The Bertz CT molecular complexity index is 1830. The van der Waals surface area contributed by atoms with E-state index in [4.69, 9.17) is 19.4 Å². The lowest BCUT2D eigenvalue weighted by atomic mass is 10.0. The lowest BCUT2D eigenvalue weighted by molar-refractivity contribution is 0.128. The number of aromatic nitrogens is 4. The Balaban J connectivity index is 1.16. The Hall–Kier alpha value is -4.74. The van der Waals surface area contributed by atoms with Crippen LogP contribution in [0.5, 0.6) is 11.5 Å². The van der Waals surface area contributed by atoms with Gasteiger partial charge >= 0.3 is 0 Å². The molecule has 0 bridgehead atoms. The Kier molecular flexibility index (Phi) is 10.8. The number of rotatable bonds is 15. The topological polar surface area (TPSA) is 88.8 Å². The van der Waals surface area contributed by atoms with Crippen LogP contribution in [0.2, 0.25) is 0 Å². The van der Waals surface area contributed by atoms with Crippen LogP contribution in [0.1, 0.15) is 0 Å². The second-order valence-electron chi connectivity index (χ2n) is 14.2. The van der Waals surface area contributed by atoms with E-state index < -0.39 is 0 Å². The van der Waals surface area contributed by atoms with Gasteiger partial charge in [-0.25, -0.2) is 9.97 Å². The lowest BCUT2D eigenvalue weighted by Crippen LogP contribution is -2.38. The van der Waals surface area contributed by atoms with Gasteiger partial charge in [0, 0.05) is 37.3 Å². The molecular formula is C40H50N8O2. The molecule has 2 heterocycles. The quantitative estimate of drug-likeness (QED) is 0.134. The van der Waals surface area contributed by atoms with Crippen LogP contribution < -0.4 is 9.47 Å². The number of nitrogens with one attached hydrogen (secondary N) is 2. The number of hydrogen-bond donors (Lipinski definition) is 2. The second-order valence-corrected chi connectivity index (χ2v) is 14.2. The lowest BCUT2D eigenvalue weighted by Gasteiger charge is -2.25. The molecule has 0 atom stereocenters. The second kappa shape index (κ2) is 15.4. The minimum absolute atomic E-state index is 0.0777. The van der Waals surface area contributed by atoms with Gasteiger partial charge in [-0.15, -0.1) is 0 Å². The summed E-state index contributed by atoms with van der Waals surface area (Å²) in [6, 6.07) is 29.1. The first-order chi connectivity index (χ1) is 24.0. The highest BCUT2D eigenvalue weighted by molar-refractivity contribution is 5.88. The van der Waals surface area contributed by atoms with Gasteiger partial charge in [-0.05, 0) is 140 Å². The molecule has 4 aromatic carbocycles. The van der Waals surface area contributed by atoms with Crippen molar-refractivity contribution in [3.63, 3.8) is 0 Å². The first-order valence-corrected chi connectivity index (χ1v) is 17.1. The number of likely N-dealkylation sites (N-methyl/N-ethyl adjacent to an activating group) is 4. The molecule has 0 spiro atoms. The summed E-state index contributed by atoms with van der Waals surface area (Å²) in [6.07, 6.45) is 0.155. The van der Waals surface area contributed by atoms with Crippen molar-refractivity contribution in [2.24, 2.45) is 0 Å². The van der Waals surface area contributed by atoms with E-state index in [0.717, 1.165) is 93.6 Å². The number of ether oxygens (including phenoxy) is 2. The summed E-state index contributed by atoms with van der Waals surface area (Å²) in [7, 11) is 16.6. The summed E-state index contributed by atoms with van der Waals surface area (Å²) < 4.78 is 12.6. The van der Waals surface area contributed by atoms with Crippen molar-refractivity contribution in [1.82, 2.24) is 39.5 Å². The molecule has 6 rings (SSSR count). The highest BCUT2D eigenvalue weighted by Crippen LogP contribution is 2.30. The molecule has 0 fully saturated rings. The van der Waals surface area contributed by atoms with Crippen molar-refractivity contribution in [1.29, 1.82) is 0 Å². The number of H-pyrrole nitrogens is 2. The normalized spacial score (nSPS) is 12.2. The van der Waals surface area contributed by atoms with E-state index in [0.29, 0.717) is 0 Å². The summed E-state index contributed by atoms with van der Waals surface area (Å²) in [5.41, 5.74) is 8.02. The molecule has 0 aliphatic rings. The van der Waals surface area contributed by atoms with Crippen LogP contribution in [0.25, 0.3) is 56.0 Å². The highest BCUT2D eigenvalue weighted by Gasteiger charge is 2.16. The average Bonchev–Trinajstić information content (AvgIpc) is 3.68. The van der Waals surface area contributed by atoms with Gasteiger partial charge in [-0.3, -0.25) is 0 Å². The predicted octanol–water partition coefficient (Wildman–Crippen LogP) is 6.18. The minimum atomic E-state index is 0.0777. The van der Waals surface area contributed by atoms with Crippen LogP contribution in [-0.4, -0.2) is 134 Å². The van der Waals surface area contributed by atoms with Crippen molar-refractivity contribution in [3.8, 4) is 45.4 Å². The van der Waals surface area contributed by atoms with Crippen LogP contribution >= 0.6 is 0 Å². The van der Waals surface area contributed by atoms with Gasteiger partial charge in [0.25, 0.3) is 0 Å². The van der Waals surface area contributed by atoms with E-state index in [1.165, 1.54) is 0 Å². The maximum absolute atomic E-state index is 6.32. The Morgan fingerprint density at radius 2 is 0.780 bits per heavy atom. The fraction of sp³-hybridized carbons (Fsp3) is 0.350. The molecule has 0 unspecified atom stereocenters. The van der Waals surface area contributed by atoms with Gasteiger partial charge in [0.2, 0.25) is 0 Å². The van der Waals surface area contributed by atoms with Crippen molar-refractivity contribution in [2.75, 3.05) is 82.6 Å². The molecule has 10 heteroatoms. The fourth-order valence-corrected chi connectivity index (χ4v) is 6.31. The van der Waals surface area contributed by atoms with Gasteiger partial charge in [0.05, 0.1) is 22.1 Å². The monoisotopic (exact) mass is 674 g/mol. The molecular weight excluding hydrogens is 624 g/mol. The fourth-order valence-electron chi connectivity index (χ4n) is 6.31. The third-order valence-electron chi connectivity index (χ3n) is 8.44. The SMILES string of the molecule is CN(C)CC(CN(C)C)Oc1ccc(-c2nc3cc(-c4ccc5[nH]c(-c6ccc(OC(CN(C)C)CN(C)C)cc6)nc5c4)ccc3[nH]2)cc1. The zero-order chi connectivity index (χ0) is 35.4. The first kappa shape index (κ1) is 35.1. The summed E-state index contributed by atoms with van der Waals surface area (Å²) in [5.74, 6) is 3.37. The number of hydrogen-bond acceptors (Lipinski definition) is 8. The van der Waals surface area contributed by atoms with E-state index >= 15 is 0 Å². The molecule has 262 valence electrons. The average molecular weight is 675 g/mol. The summed E-state index contributed by atoms with van der Waals surface area (Å²) >= 11 is 0. The molecule has 2 aromatic heterocycles. The summed E-state index contributed by atoms with van der Waals surface area (Å²) in [4.78, 5) is 25.5. The van der Waals surface area contributed by atoms with Crippen LogP contribution in [0.15, 0.2) is 84.9 Å². The highest BCUT2D eigenvalue weighted by atomic mass is 16.5. The maximum atomic E-state index is 6.32.